The molecule has 3 rings (SSSR count). The van der Waals surface area contributed by atoms with Crippen LogP contribution in [0.25, 0.3) is 11.2 Å². The molecular weight excluding hydrogens is 412 g/mol. The van der Waals surface area contributed by atoms with Gasteiger partial charge < -0.3 is 29.9 Å². The number of hydrogen-bond donors (Lipinski definition) is 3. The van der Waals surface area contributed by atoms with Crippen LogP contribution in [0.2, 0.25) is 0 Å². The van der Waals surface area contributed by atoms with E-state index >= 15 is 0 Å². The van der Waals surface area contributed by atoms with Crippen LogP contribution in [0.5, 0.6) is 5.88 Å². The van der Waals surface area contributed by atoms with E-state index < -0.39 is 36.7 Å². The summed E-state index contributed by atoms with van der Waals surface area (Å²) in [5.74, 6) is 0.0777. The minimum absolute atomic E-state index is 0.0700. The van der Waals surface area contributed by atoms with Gasteiger partial charge in [-0.25, -0.2) is 4.98 Å². The first-order valence-corrected chi connectivity index (χ1v) is 10.7. The van der Waals surface area contributed by atoms with Crippen molar-refractivity contribution in [2.45, 2.75) is 31.0 Å². The molecule has 4 atom stereocenters. The number of ether oxygens (including phenoxy) is 2. The summed E-state index contributed by atoms with van der Waals surface area (Å²) in [6.07, 6.45) is -6.05. The van der Waals surface area contributed by atoms with Crippen LogP contribution < -0.4 is 10.5 Å². The van der Waals surface area contributed by atoms with Gasteiger partial charge >= 0.3 is 6.07 Å². The fraction of sp³-hybridized carbons (Fsp3) is 0.583. The highest BCUT2D eigenvalue weighted by Gasteiger charge is 2.54. The topological polar surface area (TPSA) is 155 Å². The number of anilines is 1. The highest BCUT2D eigenvalue weighted by molar-refractivity contribution is 8.05. The molecule has 14 heteroatoms. The van der Waals surface area contributed by atoms with Crippen LogP contribution in [0.15, 0.2) is 6.33 Å². The van der Waals surface area contributed by atoms with E-state index in [9.17, 15) is 14.8 Å². The predicted molar refractivity (Wildman–Crippen MR) is 92.1 cm³/mol. The van der Waals surface area contributed by atoms with E-state index in [2.05, 4.69) is 15.0 Å². The Hall–Kier alpha value is -1.20. The lowest BCUT2D eigenvalue weighted by Crippen LogP contribution is -2.44. The minimum atomic E-state index is -3.82. The SMILES string of the molecule is COc1nc(N)nc2c1ncn2[C@@H]1O[C@H](COP(=O)(Cl)Cl)[C@@H](O)[C@@]1(C)O. The summed E-state index contributed by atoms with van der Waals surface area (Å²) in [6.45, 7) is 0.960. The Morgan fingerprint density at radius 1 is 1.50 bits per heavy atom. The van der Waals surface area contributed by atoms with Gasteiger partial charge in [0, 0.05) is 0 Å². The molecule has 0 bridgehead atoms. The maximum Gasteiger partial charge on any atom is 0.380 e. The summed E-state index contributed by atoms with van der Waals surface area (Å²) >= 11 is 10.7. The number of aliphatic hydroxyl groups excluding tert-OH is 1. The molecule has 0 amide bonds. The van der Waals surface area contributed by atoms with Crippen LogP contribution in [0.1, 0.15) is 13.2 Å². The molecule has 11 nitrogen and oxygen atoms in total. The van der Waals surface area contributed by atoms with Crippen molar-refractivity contribution >= 4 is 45.7 Å². The zero-order valence-corrected chi connectivity index (χ0v) is 16.0. The number of rotatable bonds is 5. The summed E-state index contributed by atoms with van der Waals surface area (Å²) in [4.78, 5) is 12.1. The molecule has 0 radical (unpaired) electrons. The standard InChI is InChI=1S/C12H16Cl2N5O6P/c1-12(21)7(20)5(3-24-26(13,14)22)25-10(12)19-4-16-6-8(19)17-11(15)18-9(6)23-2/h4-5,7,10,20-21H,3H2,1-2H3,(H2,15,17,18)/t5-,7-,10-,12-/m1/s1. The van der Waals surface area contributed by atoms with Crippen LogP contribution in [-0.4, -0.2) is 61.3 Å². The van der Waals surface area contributed by atoms with Gasteiger partial charge in [-0.15, -0.1) is 0 Å². The van der Waals surface area contributed by atoms with Gasteiger partial charge in [-0.3, -0.25) is 9.13 Å². The number of aliphatic hydroxyl groups is 2. The molecule has 0 saturated carbocycles. The molecule has 2 aromatic heterocycles. The quantitative estimate of drug-likeness (QED) is 0.588. The fourth-order valence-corrected chi connectivity index (χ4v) is 3.42. The van der Waals surface area contributed by atoms with Gasteiger partial charge in [0.1, 0.15) is 17.8 Å². The van der Waals surface area contributed by atoms with Crippen molar-refractivity contribution in [1.29, 1.82) is 0 Å². The van der Waals surface area contributed by atoms with Crippen molar-refractivity contribution in [3.05, 3.63) is 6.33 Å². The van der Waals surface area contributed by atoms with Crippen molar-refractivity contribution in [3.63, 3.8) is 0 Å². The van der Waals surface area contributed by atoms with Gasteiger partial charge in [-0.05, 0) is 29.4 Å². The molecule has 2 aromatic rings. The number of aromatic nitrogens is 4. The third-order valence-electron chi connectivity index (χ3n) is 4.00. The average molecular weight is 428 g/mol. The van der Waals surface area contributed by atoms with Crippen LogP contribution in [0.4, 0.5) is 5.95 Å². The predicted octanol–water partition coefficient (Wildman–Crippen LogP) is 1.03. The lowest BCUT2D eigenvalue weighted by molar-refractivity contribution is -0.0947. The number of halogens is 2. The summed E-state index contributed by atoms with van der Waals surface area (Å²) in [5.41, 5.74) is 4.42. The molecule has 1 aliphatic rings. The summed E-state index contributed by atoms with van der Waals surface area (Å²) < 4.78 is 28.2. The van der Waals surface area contributed by atoms with Crippen LogP contribution in [0.3, 0.4) is 0 Å². The Morgan fingerprint density at radius 2 is 2.19 bits per heavy atom. The molecule has 1 fully saturated rings. The monoisotopic (exact) mass is 427 g/mol. The van der Waals surface area contributed by atoms with Crippen LogP contribution >= 0.6 is 28.6 Å². The largest absolute Gasteiger partial charge is 0.479 e. The van der Waals surface area contributed by atoms with Gasteiger partial charge in [0.25, 0.3) is 0 Å². The first-order chi connectivity index (χ1) is 12.0. The van der Waals surface area contributed by atoms with E-state index in [4.69, 9.17) is 42.2 Å². The minimum Gasteiger partial charge on any atom is -0.479 e. The highest BCUT2D eigenvalue weighted by Crippen LogP contribution is 2.58. The van der Waals surface area contributed by atoms with Gasteiger partial charge in [-0.2, -0.15) is 9.97 Å². The van der Waals surface area contributed by atoms with E-state index in [-0.39, 0.29) is 17.5 Å². The van der Waals surface area contributed by atoms with Crippen molar-refractivity contribution in [3.8, 4) is 5.88 Å². The molecule has 144 valence electrons. The number of fused-ring (bicyclic) bond motifs is 1. The molecule has 4 N–H and O–H groups in total. The average Bonchev–Trinajstić information content (AvgIpc) is 3.04. The second kappa shape index (κ2) is 6.75. The van der Waals surface area contributed by atoms with Crippen LogP contribution in [-0.2, 0) is 13.8 Å². The maximum absolute atomic E-state index is 11.3. The fourth-order valence-electron chi connectivity index (χ4n) is 2.76. The molecule has 26 heavy (non-hydrogen) atoms. The van der Waals surface area contributed by atoms with E-state index in [1.807, 2.05) is 0 Å². The number of hydrogen-bond acceptors (Lipinski definition) is 10. The number of nitrogen functional groups attached to an aromatic ring is 1. The molecule has 3 heterocycles. The second-order valence-corrected chi connectivity index (χ2v) is 10.1. The van der Waals surface area contributed by atoms with Crippen molar-refractivity contribution in [2.24, 2.45) is 0 Å². The van der Waals surface area contributed by atoms with Crippen molar-refractivity contribution in [1.82, 2.24) is 19.5 Å². The summed E-state index contributed by atoms with van der Waals surface area (Å²) in [6, 6.07) is 0. The van der Waals surface area contributed by atoms with Gasteiger partial charge in [0.15, 0.2) is 17.4 Å². The van der Waals surface area contributed by atoms with E-state index in [0.29, 0.717) is 5.52 Å². The third-order valence-corrected chi connectivity index (χ3v) is 5.03. The highest BCUT2D eigenvalue weighted by atomic mass is 35.9. The Labute approximate surface area is 157 Å². The number of imidazole rings is 1. The van der Waals surface area contributed by atoms with Gasteiger partial charge in [0.2, 0.25) is 11.8 Å². The van der Waals surface area contributed by atoms with E-state index in [1.54, 1.807) is 0 Å². The lowest BCUT2D eigenvalue weighted by atomic mass is 9.96. The summed E-state index contributed by atoms with van der Waals surface area (Å²) in [7, 11) is 1.40. The third kappa shape index (κ3) is 3.48. The first-order valence-electron chi connectivity index (χ1n) is 7.28. The number of nitrogens with two attached hydrogens (primary N) is 1. The zero-order valence-electron chi connectivity index (χ0n) is 13.6. The zero-order chi connectivity index (χ0) is 19.3. The van der Waals surface area contributed by atoms with Crippen molar-refractivity contribution in [2.75, 3.05) is 19.5 Å². The Morgan fingerprint density at radius 3 is 2.81 bits per heavy atom. The first kappa shape index (κ1) is 19.6. The molecule has 0 aromatic carbocycles. The Balaban J connectivity index is 1.97. The maximum atomic E-state index is 11.3. The summed E-state index contributed by atoms with van der Waals surface area (Å²) in [5, 5.41) is 21.1. The molecular formula is C12H16Cl2N5O6P. The lowest BCUT2D eigenvalue weighted by Gasteiger charge is -2.27. The number of methoxy groups -OCH3 is 1. The Bertz CT molecular complexity index is 873. The number of nitrogens with zero attached hydrogens (tertiary/aromatic N) is 4. The smallest absolute Gasteiger partial charge is 0.380 e. The molecule has 1 saturated heterocycles. The normalized spacial score (nSPS) is 29.4. The molecule has 1 aliphatic heterocycles. The molecule has 0 unspecified atom stereocenters. The van der Waals surface area contributed by atoms with Crippen LogP contribution in [0, 0.1) is 0 Å². The molecule has 0 spiro atoms. The van der Waals surface area contributed by atoms with E-state index in [1.165, 1.54) is 24.9 Å². The molecule has 0 aliphatic carbocycles. The van der Waals surface area contributed by atoms with Gasteiger partial charge in [0.05, 0.1) is 20.0 Å². The van der Waals surface area contributed by atoms with Crippen molar-refractivity contribution < 1.29 is 28.8 Å². The van der Waals surface area contributed by atoms with Gasteiger partial charge in [-0.1, -0.05) is 0 Å². The van der Waals surface area contributed by atoms with E-state index in [0.717, 1.165) is 0 Å². The second-order valence-electron chi connectivity index (χ2n) is 5.82. The Kier molecular flexibility index (Phi) is 5.08.